The summed E-state index contributed by atoms with van der Waals surface area (Å²) in [5.74, 6) is -3.33. The fourth-order valence-corrected chi connectivity index (χ4v) is 3.15. The third-order valence-corrected chi connectivity index (χ3v) is 4.36. The molecule has 0 bridgehead atoms. The quantitative estimate of drug-likeness (QED) is 0.859. The van der Waals surface area contributed by atoms with E-state index < -0.39 is 46.4 Å². The molecule has 22 heavy (non-hydrogen) atoms. The number of imide groups is 1. The van der Waals surface area contributed by atoms with E-state index in [0.29, 0.717) is 6.07 Å². The summed E-state index contributed by atoms with van der Waals surface area (Å²) in [5.41, 5.74) is -0.209. The fraction of sp³-hybridized carbons (Fsp3) is 0.357. The minimum Gasteiger partial charge on any atom is -0.322 e. The van der Waals surface area contributed by atoms with Crippen LogP contribution in [-0.4, -0.2) is 39.7 Å². The number of hydrogen-bond acceptors (Lipinski definition) is 4. The second kappa shape index (κ2) is 6.43. The first-order valence-corrected chi connectivity index (χ1v) is 7.49. The lowest BCUT2D eigenvalue weighted by Gasteiger charge is -2.31. The Labute approximate surface area is 130 Å². The van der Waals surface area contributed by atoms with Crippen molar-refractivity contribution in [2.45, 2.75) is 24.3 Å². The topological polar surface area (TPSA) is 66.5 Å². The van der Waals surface area contributed by atoms with Crippen LogP contribution in [0.2, 0.25) is 0 Å². The van der Waals surface area contributed by atoms with Crippen molar-refractivity contribution in [3.63, 3.8) is 0 Å². The van der Waals surface area contributed by atoms with E-state index in [2.05, 4.69) is 5.32 Å². The first-order valence-electron chi connectivity index (χ1n) is 6.55. The normalized spacial score (nSPS) is 21.9. The van der Waals surface area contributed by atoms with Gasteiger partial charge in [-0.05, 0) is 26.0 Å². The Morgan fingerprint density at radius 3 is 2.36 bits per heavy atom. The summed E-state index contributed by atoms with van der Waals surface area (Å²) < 4.78 is 26.3. The summed E-state index contributed by atoms with van der Waals surface area (Å²) in [4.78, 5) is 36.7. The summed E-state index contributed by atoms with van der Waals surface area (Å²) in [7, 11) is 0. The average molecular weight is 328 g/mol. The molecule has 1 saturated heterocycles. The number of rotatable bonds is 3. The maximum absolute atomic E-state index is 13.5. The van der Waals surface area contributed by atoms with Crippen LogP contribution in [0.3, 0.4) is 0 Å². The number of carbonyl (C=O) groups excluding carboxylic acids is 3. The largest absolute Gasteiger partial charge is 0.322 e. The number of nitrogens with one attached hydrogen (secondary N) is 1. The molecular weight excluding hydrogens is 314 g/mol. The van der Waals surface area contributed by atoms with Crippen LogP contribution in [0.4, 0.5) is 14.5 Å². The van der Waals surface area contributed by atoms with E-state index in [1.54, 1.807) is 13.8 Å². The highest BCUT2D eigenvalue weighted by atomic mass is 32.2. The van der Waals surface area contributed by atoms with Gasteiger partial charge in [-0.2, -0.15) is 0 Å². The number of carbonyl (C=O) groups is 3. The van der Waals surface area contributed by atoms with Crippen LogP contribution < -0.4 is 5.32 Å². The van der Waals surface area contributed by atoms with Gasteiger partial charge in [0.25, 0.3) is 0 Å². The fourth-order valence-electron chi connectivity index (χ4n) is 2.05. The van der Waals surface area contributed by atoms with Crippen molar-refractivity contribution in [3.05, 3.63) is 29.8 Å². The van der Waals surface area contributed by atoms with Gasteiger partial charge >= 0.3 is 0 Å². The molecule has 118 valence electrons. The molecule has 0 aliphatic carbocycles. The van der Waals surface area contributed by atoms with Crippen LogP contribution >= 0.6 is 11.8 Å². The van der Waals surface area contributed by atoms with E-state index in [0.717, 1.165) is 17.0 Å². The van der Waals surface area contributed by atoms with Crippen LogP contribution in [-0.2, 0) is 14.4 Å². The highest BCUT2D eigenvalue weighted by Gasteiger charge is 2.38. The molecule has 1 N–H and O–H groups in total. The number of hydrogen-bond donors (Lipinski definition) is 1. The minimum atomic E-state index is -0.929. The number of benzene rings is 1. The van der Waals surface area contributed by atoms with Crippen molar-refractivity contribution in [1.29, 1.82) is 0 Å². The van der Waals surface area contributed by atoms with Gasteiger partial charge in [-0.25, -0.2) is 8.78 Å². The van der Waals surface area contributed by atoms with Crippen molar-refractivity contribution in [3.8, 4) is 0 Å². The monoisotopic (exact) mass is 328 g/mol. The molecule has 1 aliphatic heterocycles. The molecule has 1 fully saturated rings. The van der Waals surface area contributed by atoms with Crippen LogP contribution in [0.25, 0.3) is 0 Å². The summed E-state index contributed by atoms with van der Waals surface area (Å²) in [5, 5.41) is 1.37. The third kappa shape index (κ3) is 3.44. The molecule has 0 saturated carbocycles. The van der Waals surface area contributed by atoms with Gasteiger partial charge in [0.2, 0.25) is 17.7 Å². The smallest absolute Gasteiger partial charge is 0.244 e. The van der Waals surface area contributed by atoms with E-state index in [4.69, 9.17) is 0 Å². The van der Waals surface area contributed by atoms with E-state index in [1.807, 2.05) is 0 Å². The molecule has 0 spiro atoms. The predicted octanol–water partition coefficient (Wildman–Crippen LogP) is 1.78. The van der Waals surface area contributed by atoms with Crippen LogP contribution in [0.15, 0.2) is 18.2 Å². The third-order valence-electron chi connectivity index (χ3n) is 3.14. The highest BCUT2D eigenvalue weighted by Crippen LogP contribution is 2.26. The summed E-state index contributed by atoms with van der Waals surface area (Å²) in [6, 6.07) is 2.70. The standard InChI is InChI=1S/C14H14F2N2O3S/c1-7-13(20)18(14(21)8(2)22-7)6-12(19)17-11-4-3-9(15)5-10(11)16/h3-5,7-8H,6H2,1-2H3,(H,17,19). The van der Waals surface area contributed by atoms with Gasteiger partial charge in [0.1, 0.15) is 18.2 Å². The minimum absolute atomic E-state index is 0.209. The average Bonchev–Trinajstić information content (AvgIpc) is 2.44. The Morgan fingerprint density at radius 1 is 1.23 bits per heavy atom. The molecular formula is C14H14F2N2O3S. The molecule has 2 rings (SSSR count). The molecule has 2 atom stereocenters. The first-order chi connectivity index (χ1) is 10.3. The van der Waals surface area contributed by atoms with Crippen LogP contribution in [0.1, 0.15) is 13.8 Å². The zero-order valence-electron chi connectivity index (χ0n) is 11.9. The summed E-state index contributed by atoms with van der Waals surface area (Å²) in [6.45, 7) is 2.81. The zero-order chi connectivity index (χ0) is 16.4. The first kappa shape index (κ1) is 16.4. The van der Waals surface area contributed by atoms with E-state index in [1.165, 1.54) is 11.8 Å². The van der Waals surface area contributed by atoms with E-state index in [9.17, 15) is 23.2 Å². The Balaban J connectivity index is 2.07. The number of anilines is 1. The van der Waals surface area contributed by atoms with Crippen LogP contribution in [0.5, 0.6) is 0 Å². The predicted molar refractivity (Wildman–Crippen MR) is 78.2 cm³/mol. The maximum atomic E-state index is 13.5. The number of halogens is 2. The van der Waals surface area contributed by atoms with Gasteiger partial charge in [0.15, 0.2) is 0 Å². The van der Waals surface area contributed by atoms with Crippen molar-refractivity contribution in [1.82, 2.24) is 4.90 Å². The van der Waals surface area contributed by atoms with Crippen molar-refractivity contribution >= 4 is 35.2 Å². The Kier molecular flexibility index (Phi) is 4.80. The van der Waals surface area contributed by atoms with Gasteiger partial charge < -0.3 is 5.32 Å². The van der Waals surface area contributed by atoms with Crippen molar-refractivity contribution < 1.29 is 23.2 Å². The molecule has 1 aromatic carbocycles. The van der Waals surface area contributed by atoms with Gasteiger partial charge in [0, 0.05) is 6.07 Å². The second-order valence-corrected chi connectivity index (χ2v) is 6.54. The van der Waals surface area contributed by atoms with Gasteiger partial charge in [-0.15, -0.1) is 11.8 Å². The molecule has 3 amide bonds. The molecule has 8 heteroatoms. The number of amides is 3. The zero-order valence-corrected chi connectivity index (χ0v) is 12.7. The second-order valence-electron chi connectivity index (χ2n) is 4.86. The van der Waals surface area contributed by atoms with Crippen molar-refractivity contribution in [2.75, 3.05) is 11.9 Å². The Bertz CT molecular complexity index is 619. The molecule has 1 heterocycles. The van der Waals surface area contributed by atoms with E-state index in [-0.39, 0.29) is 5.69 Å². The molecule has 1 aliphatic rings. The molecule has 5 nitrogen and oxygen atoms in total. The lowest BCUT2D eigenvalue weighted by Crippen LogP contribution is -2.52. The van der Waals surface area contributed by atoms with Gasteiger partial charge in [-0.3, -0.25) is 19.3 Å². The van der Waals surface area contributed by atoms with Gasteiger partial charge in [-0.1, -0.05) is 0 Å². The molecule has 0 aromatic heterocycles. The van der Waals surface area contributed by atoms with Crippen molar-refractivity contribution in [2.24, 2.45) is 0 Å². The summed E-state index contributed by atoms with van der Waals surface area (Å²) in [6.07, 6.45) is 0. The highest BCUT2D eigenvalue weighted by molar-refractivity contribution is 8.02. The number of nitrogens with zero attached hydrogens (tertiary/aromatic N) is 1. The molecule has 2 unspecified atom stereocenters. The number of thioether (sulfide) groups is 1. The Hall–Kier alpha value is -1.96. The maximum Gasteiger partial charge on any atom is 0.244 e. The molecule has 0 radical (unpaired) electrons. The lowest BCUT2D eigenvalue weighted by molar-refractivity contribution is -0.147. The molecule has 1 aromatic rings. The van der Waals surface area contributed by atoms with Crippen LogP contribution in [0, 0.1) is 11.6 Å². The Morgan fingerprint density at radius 2 is 1.82 bits per heavy atom. The summed E-state index contributed by atoms with van der Waals surface area (Å²) >= 11 is 1.22. The SMILES string of the molecule is CC1SC(C)C(=O)N(CC(=O)Nc2ccc(F)cc2F)C1=O. The van der Waals surface area contributed by atoms with Gasteiger partial charge in [0.05, 0.1) is 16.2 Å². The lowest BCUT2D eigenvalue weighted by atomic mass is 10.2. The van der Waals surface area contributed by atoms with E-state index >= 15 is 0 Å².